The summed E-state index contributed by atoms with van der Waals surface area (Å²) < 4.78 is 0. The van der Waals surface area contributed by atoms with E-state index in [1.807, 2.05) is 43.3 Å². The molecule has 0 spiro atoms. The zero-order valence-corrected chi connectivity index (χ0v) is 16.2. The van der Waals surface area contributed by atoms with Gasteiger partial charge in [0.25, 0.3) is 0 Å². The van der Waals surface area contributed by atoms with Gasteiger partial charge in [0, 0.05) is 33.1 Å². The van der Waals surface area contributed by atoms with Crippen LogP contribution in [0.4, 0.5) is 0 Å². The van der Waals surface area contributed by atoms with Gasteiger partial charge in [-0.2, -0.15) is 0 Å². The highest BCUT2D eigenvalue weighted by molar-refractivity contribution is 7.80. The van der Waals surface area contributed by atoms with Gasteiger partial charge in [-0.25, -0.2) is 4.99 Å². The van der Waals surface area contributed by atoms with Gasteiger partial charge in [-0.15, -0.1) is 12.6 Å². The first kappa shape index (κ1) is 20.0. The molecule has 2 unspecified atom stereocenters. The topological polar surface area (TPSA) is 88.9 Å². The van der Waals surface area contributed by atoms with E-state index in [1.54, 1.807) is 4.90 Å². The fourth-order valence-corrected chi connectivity index (χ4v) is 3.35. The van der Waals surface area contributed by atoms with Crippen LogP contribution in [0.2, 0.25) is 0 Å². The Morgan fingerprint density at radius 1 is 1.38 bits per heavy atom. The molecule has 0 aromatic heterocycles. The van der Waals surface area contributed by atoms with Crippen molar-refractivity contribution in [2.24, 2.45) is 4.99 Å². The number of amidine groups is 1. The van der Waals surface area contributed by atoms with E-state index in [4.69, 9.17) is 5.41 Å². The molecule has 1 saturated heterocycles. The van der Waals surface area contributed by atoms with Gasteiger partial charge in [0.1, 0.15) is 18.2 Å². The van der Waals surface area contributed by atoms with Gasteiger partial charge in [-0.1, -0.05) is 24.3 Å². The number of nitrogens with one attached hydrogen (secondary N) is 2. The van der Waals surface area contributed by atoms with Crippen molar-refractivity contribution in [2.45, 2.75) is 31.2 Å². The average molecular weight is 375 g/mol. The van der Waals surface area contributed by atoms with Crippen LogP contribution in [0.25, 0.3) is 0 Å². The van der Waals surface area contributed by atoms with E-state index in [0.29, 0.717) is 18.8 Å². The highest BCUT2D eigenvalue weighted by Crippen LogP contribution is 2.22. The van der Waals surface area contributed by atoms with E-state index in [2.05, 4.69) is 22.9 Å². The van der Waals surface area contributed by atoms with Crippen LogP contribution < -0.4 is 5.32 Å². The molecule has 2 amide bonds. The SMILES string of the molecule is CC(=O)N1CCCC1C(=O)NC(S)c1ccc(C(=NC=N)N(C)C)cc1. The van der Waals surface area contributed by atoms with E-state index in [9.17, 15) is 9.59 Å². The van der Waals surface area contributed by atoms with Gasteiger partial charge < -0.3 is 15.1 Å². The number of hydrogen-bond acceptors (Lipinski definition) is 4. The van der Waals surface area contributed by atoms with Crippen molar-refractivity contribution in [1.82, 2.24) is 15.1 Å². The summed E-state index contributed by atoms with van der Waals surface area (Å²) in [5.41, 5.74) is 1.71. The minimum absolute atomic E-state index is 0.0792. The summed E-state index contributed by atoms with van der Waals surface area (Å²) >= 11 is 4.49. The third-order valence-corrected chi connectivity index (χ3v) is 4.76. The lowest BCUT2D eigenvalue weighted by molar-refractivity contribution is -0.136. The van der Waals surface area contributed by atoms with Crippen molar-refractivity contribution in [3.8, 4) is 0 Å². The quantitative estimate of drug-likeness (QED) is 0.316. The molecule has 2 N–H and O–H groups in total. The fourth-order valence-electron chi connectivity index (χ4n) is 3.05. The minimum atomic E-state index is -0.464. The van der Waals surface area contributed by atoms with Crippen LogP contribution in [0.1, 0.15) is 36.3 Å². The summed E-state index contributed by atoms with van der Waals surface area (Å²) in [7, 11) is 3.72. The summed E-state index contributed by atoms with van der Waals surface area (Å²) in [5, 5.41) is 9.57. The predicted octanol–water partition coefficient (Wildman–Crippen LogP) is 1.66. The van der Waals surface area contributed by atoms with Gasteiger partial charge in [0.2, 0.25) is 11.8 Å². The van der Waals surface area contributed by atoms with Crippen molar-refractivity contribution >= 4 is 36.6 Å². The lowest BCUT2D eigenvalue weighted by Gasteiger charge is -2.24. The van der Waals surface area contributed by atoms with Crippen LogP contribution in [0.5, 0.6) is 0 Å². The van der Waals surface area contributed by atoms with E-state index in [1.165, 1.54) is 6.92 Å². The molecule has 0 bridgehead atoms. The standard InChI is InChI=1S/C18H25N5O2S/c1-12(24)23-10-4-5-15(23)17(25)21-18(26)14-8-6-13(7-9-14)16(20-11-19)22(2)3/h6-9,11,15,18-19,26H,4-5,10H2,1-3H3,(H,21,25). The normalized spacial score (nSPS) is 18.4. The summed E-state index contributed by atoms with van der Waals surface area (Å²) in [6, 6.07) is 7.08. The van der Waals surface area contributed by atoms with Crippen molar-refractivity contribution in [3.05, 3.63) is 35.4 Å². The second-order valence-corrected chi connectivity index (χ2v) is 6.90. The maximum Gasteiger partial charge on any atom is 0.243 e. The molecule has 2 atom stereocenters. The number of nitrogens with zero attached hydrogens (tertiary/aromatic N) is 3. The van der Waals surface area contributed by atoms with Gasteiger partial charge in [0.15, 0.2) is 0 Å². The number of rotatable bonds is 5. The number of amides is 2. The summed E-state index contributed by atoms with van der Waals surface area (Å²) in [4.78, 5) is 31.6. The van der Waals surface area contributed by atoms with Gasteiger partial charge >= 0.3 is 0 Å². The number of benzene rings is 1. The van der Waals surface area contributed by atoms with E-state index >= 15 is 0 Å². The number of likely N-dealkylation sites (tertiary alicyclic amines) is 1. The zero-order valence-electron chi connectivity index (χ0n) is 15.3. The van der Waals surface area contributed by atoms with Crippen molar-refractivity contribution < 1.29 is 9.59 Å². The lowest BCUT2D eigenvalue weighted by atomic mass is 10.1. The van der Waals surface area contributed by atoms with Crippen LogP contribution in [0, 0.1) is 5.41 Å². The first-order chi connectivity index (χ1) is 12.3. The Morgan fingerprint density at radius 2 is 2.04 bits per heavy atom. The van der Waals surface area contributed by atoms with Crippen molar-refractivity contribution in [1.29, 1.82) is 5.41 Å². The minimum Gasteiger partial charge on any atom is -0.362 e. The first-order valence-corrected chi connectivity index (χ1v) is 8.97. The molecule has 140 valence electrons. The molecule has 1 aromatic rings. The van der Waals surface area contributed by atoms with Crippen LogP contribution >= 0.6 is 12.6 Å². The predicted molar refractivity (Wildman–Crippen MR) is 106 cm³/mol. The molecular formula is C18H25N5O2S. The summed E-state index contributed by atoms with van der Waals surface area (Å²) in [6.45, 7) is 2.11. The monoisotopic (exact) mass is 375 g/mol. The molecule has 0 saturated carbocycles. The number of hydrogen-bond donors (Lipinski definition) is 3. The van der Waals surface area contributed by atoms with Gasteiger partial charge in [0.05, 0.1) is 5.37 Å². The second kappa shape index (κ2) is 8.84. The Bertz CT molecular complexity index is 702. The van der Waals surface area contributed by atoms with E-state index in [-0.39, 0.29) is 11.8 Å². The van der Waals surface area contributed by atoms with Crippen LogP contribution in [0.15, 0.2) is 29.3 Å². The summed E-state index contributed by atoms with van der Waals surface area (Å²) in [5.74, 6) is 0.417. The molecule has 1 heterocycles. The molecule has 1 aliphatic rings. The Balaban J connectivity index is 2.07. The van der Waals surface area contributed by atoms with Gasteiger partial charge in [-0.05, 0) is 18.4 Å². The molecule has 1 aromatic carbocycles. The molecule has 7 nitrogen and oxygen atoms in total. The highest BCUT2D eigenvalue weighted by atomic mass is 32.1. The fraction of sp³-hybridized carbons (Fsp3) is 0.444. The van der Waals surface area contributed by atoms with Crippen molar-refractivity contribution in [3.63, 3.8) is 0 Å². The third kappa shape index (κ3) is 4.63. The van der Waals surface area contributed by atoms with Gasteiger partial charge in [-0.3, -0.25) is 15.0 Å². The maximum absolute atomic E-state index is 12.5. The second-order valence-electron chi connectivity index (χ2n) is 6.38. The molecule has 0 aliphatic carbocycles. The molecule has 1 fully saturated rings. The molecule has 8 heteroatoms. The molecular weight excluding hydrogens is 350 g/mol. The summed E-state index contributed by atoms with van der Waals surface area (Å²) in [6.07, 6.45) is 2.52. The smallest absolute Gasteiger partial charge is 0.243 e. The molecule has 2 rings (SSSR count). The Labute approximate surface area is 159 Å². The highest BCUT2D eigenvalue weighted by Gasteiger charge is 2.33. The van der Waals surface area contributed by atoms with Crippen molar-refractivity contribution in [2.75, 3.05) is 20.6 Å². The lowest BCUT2D eigenvalue weighted by Crippen LogP contribution is -2.45. The maximum atomic E-state index is 12.5. The number of thiol groups is 1. The Morgan fingerprint density at radius 3 is 2.58 bits per heavy atom. The number of carbonyl (C=O) groups is 2. The molecule has 0 radical (unpaired) electrons. The van der Waals surface area contributed by atoms with Crippen LogP contribution in [0.3, 0.4) is 0 Å². The third-order valence-electron chi connectivity index (χ3n) is 4.33. The zero-order chi connectivity index (χ0) is 19.3. The Hall–Kier alpha value is -2.35. The number of aliphatic imine (C=N–C) groups is 1. The number of carbonyl (C=O) groups excluding carboxylic acids is 2. The van der Waals surface area contributed by atoms with Crippen LogP contribution in [-0.4, -0.2) is 60.5 Å². The van der Waals surface area contributed by atoms with E-state index in [0.717, 1.165) is 23.9 Å². The van der Waals surface area contributed by atoms with E-state index < -0.39 is 11.4 Å². The Kier molecular flexibility index (Phi) is 6.79. The first-order valence-electron chi connectivity index (χ1n) is 8.45. The molecule has 1 aliphatic heterocycles. The average Bonchev–Trinajstić information content (AvgIpc) is 3.09. The van der Waals surface area contributed by atoms with Crippen LogP contribution in [-0.2, 0) is 9.59 Å². The largest absolute Gasteiger partial charge is 0.362 e. The molecule has 26 heavy (non-hydrogen) atoms.